The summed E-state index contributed by atoms with van der Waals surface area (Å²) < 4.78 is 26.5. The highest BCUT2D eigenvalue weighted by Gasteiger charge is 2.31. The highest BCUT2D eigenvalue weighted by Crippen LogP contribution is 2.25. The van der Waals surface area contributed by atoms with E-state index in [4.69, 9.17) is 0 Å². The predicted octanol–water partition coefficient (Wildman–Crippen LogP) is 1.77. The maximum Gasteiger partial charge on any atom is 0.263 e. The number of sulfonamides is 1. The highest BCUT2D eigenvalue weighted by atomic mass is 32.2. The van der Waals surface area contributed by atoms with Crippen molar-refractivity contribution in [2.24, 2.45) is 4.99 Å². The molecule has 1 heterocycles. The van der Waals surface area contributed by atoms with Gasteiger partial charge in [-0.3, -0.25) is 14.5 Å². The molecule has 0 bridgehead atoms. The lowest BCUT2D eigenvalue weighted by atomic mass is 10.2. The van der Waals surface area contributed by atoms with E-state index in [0.29, 0.717) is 5.56 Å². The van der Waals surface area contributed by atoms with Crippen LogP contribution in [0.25, 0.3) is 0 Å². The number of amides is 1. The van der Waals surface area contributed by atoms with Crippen LogP contribution in [-0.2, 0) is 14.8 Å². The number of aromatic hydroxyl groups is 1. The van der Waals surface area contributed by atoms with Crippen molar-refractivity contribution in [3.05, 3.63) is 53.6 Å². The number of carbonyl (C=O) groups is 1. The van der Waals surface area contributed by atoms with Gasteiger partial charge in [-0.25, -0.2) is 8.42 Å². The zero-order valence-corrected chi connectivity index (χ0v) is 14.5. The number of amidine groups is 1. The third-order valence-corrected chi connectivity index (χ3v) is 5.17. The molecule has 0 saturated carbocycles. The molecule has 8 heteroatoms. The van der Waals surface area contributed by atoms with Gasteiger partial charge >= 0.3 is 0 Å². The number of aryl methyl sites for hydroxylation is 1. The molecule has 1 amide bonds. The molecule has 130 valence electrons. The van der Waals surface area contributed by atoms with Crippen LogP contribution < -0.4 is 10.0 Å². The minimum absolute atomic E-state index is 0.0416. The molecule has 0 aromatic heterocycles. The van der Waals surface area contributed by atoms with Crippen molar-refractivity contribution in [1.82, 2.24) is 4.72 Å². The summed E-state index contributed by atoms with van der Waals surface area (Å²) >= 11 is 0. The van der Waals surface area contributed by atoms with Crippen LogP contribution in [0.15, 0.2) is 52.4 Å². The van der Waals surface area contributed by atoms with Crippen LogP contribution in [0.5, 0.6) is 5.75 Å². The first-order valence-corrected chi connectivity index (χ1v) is 9.07. The van der Waals surface area contributed by atoms with Crippen molar-refractivity contribution in [3.8, 4) is 5.75 Å². The molecule has 25 heavy (non-hydrogen) atoms. The van der Waals surface area contributed by atoms with Gasteiger partial charge in [-0.15, -0.1) is 0 Å². The molecule has 7 nitrogen and oxygen atoms in total. The Kier molecular flexibility index (Phi) is 4.22. The normalized spacial score (nSPS) is 17.6. The van der Waals surface area contributed by atoms with Crippen molar-refractivity contribution in [2.75, 3.05) is 5.32 Å². The minimum Gasteiger partial charge on any atom is -0.506 e. The van der Waals surface area contributed by atoms with Crippen molar-refractivity contribution in [1.29, 1.82) is 0 Å². The Morgan fingerprint density at radius 2 is 1.96 bits per heavy atom. The standard InChI is InChI=1S/C17H17N3O4S/c1-10-7-8-13(14(21)9-10)19-17(22)11(2)18-16-12-5-3-4-6-15(12)25(23,24)20-16/h3-9,11,21H,1-2H3,(H,18,20)(H,19,22)/t11-/m0/s1. The summed E-state index contributed by atoms with van der Waals surface area (Å²) in [6.07, 6.45) is 0. The van der Waals surface area contributed by atoms with E-state index in [-0.39, 0.29) is 22.2 Å². The number of benzene rings is 2. The Hall–Kier alpha value is -2.87. The zero-order valence-electron chi connectivity index (χ0n) is 13.6. The van der Waals surface area contributed by atoms with Crippen LogP contribution in [0.1, 0.15) is 18.1 Å². The lowest BCUT2D eigenvalue weighted by Gasteiger charge is -2.11. The van der Waals surface area contributed by atoms with Crippen LogP contribution in [0.2, 0.25) is 0 Å². The second kappa shape index (κ2) is 6.21. The fraction of sp³-hybridized carbons (Fsp3) is 0.176. The fourth-order valence-electron chi connectivity index (χ4n) is 2.47. The third kappa shape index (κ3) is 3.34. The number of rotatable bonds is 3. The average Bonchev–Trinajstić information content (AvgIpc) is 2.81. The van der Waals surface area contributed by atoms with Crippen LogP contribution in [0.4, 0.5) is 5.69 Å². The number of nitrogens with zero attached hydrogens (tertiary/aromatic N) is 1. The number of aliphatic imine (C=N–C) groups is 1. The van der Waals surface area contributed by atoms with Gasteiger partial charge in [0.25, 0.3) is 10.0 Å². The third-order valence-electron chi connectivity index (χ3n) is 3.78. The number of carbonyl (C=O) groups excluding carboxylic acids is 1. The van der Waals surface area contributed by atoms with Crippen LogP contribution in [0.3, 0.4) is 0 Å². The summed E-state index contributed by atoms with van der Waals surface area (Å²) in [4.78, 5) is 16.6. The van der Waals surface area contributed by atoms with Gasteiger partial charge < -0.3 is 10.4 Å². The minimum atomic E-state index is -3.65. The smallest absolute Gasteiger partial charge is 0.263 e. The first-order valence-electron chi connectivity index (χ1n) is 7.58. The van der Waals surface area contributed by atoms with E-state index in [2.05, 4.69) is 15.0 Å². The molecule has 1 aliphatic rings. The number of hydrogen-bond donors (Lipinski definition) is 3. The Morgan fingerprint density at radius 1 is 1.24 bits per heavy atom. The van der Waals surface area contributed by atoms with Crippen LogP contribution >= 0.6 is 0 Å². The SMILES string of the molecule is Cc1ccc(NC(=O)[C@H](C)N=C2NS(=O)(=O)c3ccccc32)c(O)c1. The molecule has 0 saturated heterocycles. The van der Waals surface area contributed by atoms with Gasteiger partial charge in [0.2, 0.25) is 5.91 Å². The molecular formula is C17H17N3O4S. The van der Waals surface area contributed by atoms with Gasteiger partial charge in [-0.05, 0) is 43.7 Å². The lowest BCUT2D eigenvalue weighted by Crippen LogP contribution is -2.28. The molecule has 0 spiro atoms. The molecule has 3 N–H and O–H groups in total. The number of fused-ring (bicyclic) bond motifs is 1. The number of phenolic OH excluding ortho intramolecular Hbond substituents is 1. The second-order valence-corrected chi connectivity index (χ2v) is 7.42. The summed E-state index contributed by atoms with van der Waals surface area (Å²) in [7, 11) is -3.65. The van der Waals surface area contributed by atoms with E-state index in [1.54, 1.807) is 37.3 Å². The Balaban J connectivity index is 1.83. The maximum absolute atomic E-state index is 12.3. The second-order valence-electron chi connectivity index (χ2n) is 5.77. The molecule has 2 aromatic rings. The first-order chi connectivity index (χ1) is 11.8. The van der Waals surface area contributed by atoms with Gasteiger partial charge in [0.05, 0.1) is 10.6 Å². The summed E-state index contributed by atoms with van der Waals surface area (Å²) in [5, 5.41) is 12.4. The molecule has 0 unspecified atom stereocenters. The molecule has 1 atom stereocenters. The van der Waals surface area contributed by atoms with E-state index in [1.165, 1.54) is 12.1 Å². The molecule has 1 aliphatic heterocycles. The van der Waals surface area contributed by atoms with Crippen molar-refractivity contribution in [2.45, 2.75) is 24.8 Å². The maximum atomic E-state index is 12.3. The van der Waals surface area contributed by atoms with E-state index >= 15 is 0 Å². The van der Waals surface area contributed by atoms with Gasteiger partial charge in [-0.1, -0.05) is 18.2 Å². The van der Waals surface area contributed by atoms with Crippen molar-refractivity contribution >= 4 is 27.5 Å². The van der Waals surface area contributed by atoms with Crippen LogP contribution in [0, 0.1) is 6.92 Å². The number of nitrogens with one attached hydrogen (secondary N) is 2. The molecule has 0 radical (unpaired) electrons. The number of anilines is 1. The van der Waals surface area contributed by atoms with Gasteiger partial charge in [0.1, 0.15) is 17.6 Å². The lowest BCUT2D eigenvalue weighted by molar-refractivity contribution is -0.117. The van der Waals surface area contributed by atoms with Gasteiger partial charge in [0, 0.05) is 5.56 Å². The molecule has 0 fully saturated rings. The van der Waals surface area contributed by atoms with Crippen molar-refractivity contribution < 1.29 is 18.3 Å². The highest BCUT2D eigenvalue weighted by molar-refractivity contribution is 7.90. The Labute approximate surface area is 145 Å². The fourth-order valence-corrected chi connectivity index (χ4v) is 3.71. The summed E-state index contributed by atoms with van der Waals surface area (Å²) in [5.74, 6) is -0.373. The zero-order chi connectivity index (χ0) is 18.2. The summed E-state index contributed by atoms with van der Waals surface area (Å²) in [6.45, 7) is 3.37. The van der Waals surface area contributed by atoms with Gasteiger partial charge in [0.15, 0.2) is 0 Å². The van der Waals surface area contributed by atoms with E-state index < -0.39 is 22.0 Å². The topological polar surface area (TPSA) is 108 Å². The number of hydrogen-bond acceptors (Lipinski definition) is 5. The van der Waals surface area contributed by atoms with Gasteiger partial charge in [-0.2, -0.15) is 0 Å². The summed E-state index contributed by atoms with van der Waals surface area (Å²) in [6, 6.07) is 10.5. The molecule has 3 rings (SSSR count). The molecule has 0 aliphatic carbocycles. The average molecular weight is 359 g/mol. The first kappa shape index (κ1) is 17.0. The van der Waals surface area contributed by atoms with Crippen molar-refractivity contribution in [3.63, 3.8) is 0 Å². The van der Waals surface area contributed by atoms with E-state index in [9.17, 15) is 18.3 Å². The molecular weight excluding hydrogens is 342 g/mol. The number of phenols is 1. The molecule has 2 aromatic carbocycles. The quantitative estimate of drug-likeness (QED) is 0.726. The van der Waals surface area contributed by atoms with Crippen LogP contribution in [-0.4, -0.2) is 31.3 Å². The Bertz CT molecular complexity index is 983. The van der Waals surface area contributed by atoms with E-state index in [1.807, 2.05) is 6.92 Å². The predicted molar refractivity (Wildman–Crippen MR) is 94.2 cm³/mol. The Morgan fingerprint density at radius 3 is 2.68 bits per heavy atom. The summed E-state index contributed by atoms with van der Waals surface area (Å²) in [5.41, 5.74) is 1.57. The largest absolute Gasteiger partial charge is 0.506 e. The monoisotopic (exact) mass is 359 g/mol. The van der Waals surface area contributed by atoms with E-state index in [0.717, 1.165) is 5.56 Å².